The van der Waals surface area contributed by atoms with Gasteiger partial charge >= 0.3 is 0 Å². The van der Waals surface area contributed by atoms with E-state index in [1.54, 1.807) is 0 Å². The summed E-state index contributed by atoms with van der Waals surface area (Å²) in [5.41, 5.74) is 1.18. The van der Waals surface area contributed by atoms with Crippen LogP contribution in [0.4, 0.5) is 0 Å². The van der Waals surface area contributed by atoms with Gasteiger partial charge in [0.1, 0.15) is 0 Å². The van der Waals surface area contributed by atoms with E-state index in [1.165, 1.54) is 5.70 Å². The van der Waals surface area contributed by atoms with Crippen molar-refractivity contribution >= 4 is 0 Å². The first-order valence-corrected chi connectivity index (χ1v) is 5.77. The molecule has 0 aromatic rings. The van der Waals surface area contributed by atoms with Crippen LogP contribution in [0.15, 0.2) is 36.6 Å². The fourth-order valence-corrected chi connectivity index (χ4v) is 1.68. The molecular weight excluding hydrogens is 202 g/mol. The standard InChI is InChI=1S/C13H19NO2/c1-3-5-11(6-4-2)14(7-12-9-15-12)8-13-10-16-13/h3-6,12-13H,1,7-10H2,2H3/b6-4-,11-5+. The van der Waals surface area contributed by atoms with Gasteiger partial charge in [0.2, 0.25) is 0 Å². The van der Waals surface area contributed by atoms with Crippen LogP contribution in [-0.4, -0.2) is 43.4 Å². The van der Waals surface area contributed by atoms with E-state index < -0.39 is 0 Å². The molecule has 2 aliphatic rings. The maximum atomic E-state index is 5.29. The number of allylic oxidation sites excluding steroid dienone is 4. The Bertz CT molecular complexity index is 287. The monoisotopic (exact) mass is 221 g/mol. The number of rotatable bonds is 7. The van der Waals surface area contributed by atoms with E-state index in [9.17, 15) is 0 Å². The number of hydrogen-bond donors (Lipinski definition) is 0. The fraction of sp³-hybridized carbons (Fsp3) is 0.538. The lowest BCUT2D eigenvalue weighted by molar-refractivity contribution is 0.268. The lowest BCUT2D eigenvalue weighted by atomic mass is 10.2. The quantitative estimate of drug-likeness (QED) is 0.484. The Kier molecular flexibility index (Phi) is 3.80. The Balaban J connectivity index is 1.99. The molecule has 0 amide bonds. The minimum atomic E-state index is 0.400. The third-order valence-corrected chi connectivity index (χ3v) is 2.64. The summed E-state index contributed by atoms with van der Waals surface area (Å²) in [5, 5.41) is 0. The van der Waals surface area contributed by atoms with Crippen molar-refractivity contribution in [3.63, 3.8) is 0 Å². The van der Waals surface area contributed by atoms with Crippen molar-refractivity contribution in [1.29, 1.82) is 0 Å². The second kappa shape index (κ2) is 5.32. The van der Waals surface area contributed by atoms with Crippen molar-refractivity contribution in [2.45, 2.75) is 19.1 Å². The zero-order valence-corrected chi connectivity index (χ0v) is 9.76. The topological polar surface area (TPSA) is 28.3 Å². The average molecular weight is 221 g/mol. The third kappa shape index (κ3) is 3.51. The zero-order valence-electron chi connectivity index (χ0n) is 9.76. The number of ether oxygens (including phenoxy) is 2. The predicted octanol–water partition coefficient (Wildman–Crippen LogP) is 1.73. The molecular formula is C13H19NO2. The first-order chi connectivity index (χ1) is 7.83. The smallest absolute Gasteiger partial charge is 0.0984 e. The van der Waals surface area contributed by atoms with Crippen molar-refractivity contribution < 1.29 is 9.47 Å². The predicted molar refractivity (Wildman–Crippen MR) is 64.1 cm³/mol. The zero-order chi connectivity index (χ0) is 11.4. The van der Waals surface area contributed by atoms with Crippen LogP contribution in [0.3, 0.4) is 0 Å². The highest BCUT2D eigenvalue weighted by molar-refractivity contribution is 5.22. The average Bonchev–Trinajstić information content (AvgIpc) is 3.10. The lowest BCUT2D eigenvalue weighted by Gasteiger charge is -2.24. The van der Waals surface area contributed by atoms with Gasteiger partial charge < -0.3 is 14.4 Å². The van der Waals surface area contributed by atoms with E-state index in [0.717, 1.165) is 26.3 Å². The Morgan fingerprint density at radius 1 is 1.31 bits per heavy atom. The molecule has 3 nitrogen and oxygen atoms in total. The molecule has 2 aliphatic heterocycles. The molecule has 2 fully saturated rings. The van der Waals surface area contributed by atoms with Crippen LogP contribution < -0.4 is 0 Å². The Hall–Kier alpha value is -1.06. The molecule has 0 N–H and O–H groups in total. The second-order valence-electron chi connectivity index (χ2n) is 4.14. The Morgan fingerprint density at radius 3 is 2.25 bits per heavy atom. The van der Waals surface area contributed by atoms with Crippen LogP contribution in [0, 0.1) is 0 Å². The van der Waals surface area contributed by atoms with Gasteiger partial charge in [-0.1, -0.05) is 18.7 Å². The maximum Gasteiger partial charge on any atom is 0.0984 e. The van der Waals surface area contributed by atoms with Gasteiger partial charge in [-0.3, -0.25) is 0 Å². The van der Waals surface area contributed by atoms with E-state index in [4.69, 9.17) is 9.47 Å². The molecule has 2 heterocycles. The first-order valence-electron chi connectivity index (χ1n) is 5.77. The molecule has 0 radical (unpaired) electrons. The van der Waals surface area contributed by atoms with Gasteiger partial charge in [-0.2, -0.15) is 0 Å². The molecule has 0 spiro atoms. The first kappa shape index (κ1) is 11.4. The van der Waals surface area contributed by atoms with E-state index in [2.05, 4.69) is 17.6 Å². The molecule has 0 saturated carbocycles. The van der Waals surface area contributed by atoms with Gasteiger partial charge in [-0.15, -0.1) is 0 Å². The van der Waals surface area contributed by atoms with Crippen LogP contribution in [-0.2, 0) is 9.47 Å². The molecule has 0 aromatic carbocycles. The molecule has 0 aromatic heterocycles. The summed E-state index contributed by atoms with van der Waals surface area (Å²) in [4.78, 5) is 2.32. The summed E-state index contributed by atoms with van der Waals surface area (Å²) in [6, 6.07) is 0. The van der Waals surface area contributed by atoms with Crippen molar-refractivity contribution in [2.24, 2.45) is 0 Å². The van der Waals surface area contributed by atoms with Crippen molar-refractivity contribution in [3.05, 3.63) is 36.6 Å². The van der Waals surface area contributed by atoms with E-state index in [-0.39, 0.29) is 0 Å². The van der Waals surface area contributed by atoms with E-state index >= 15 is 0 Å². The summed E-state index contributed by atoms with van der Waals surface area (Å²) in [6.07, 6.45) is 8.81. The largest absolute Gasteiger partial charge is 0.371 e. The minimum absolute atomic E-state index is 0.400. The number of hydrogen-bond acceptors (Lipinski definition) is 3. The summed E-state index contributed by atoms with van der Waals surface area (Å²) in [6.45, 7) is 9.45. The number of epoxide rings is 2. The van der Waals surface area contributed by atoms with Crippen molar-refractivity contribution in [1.82, 2.24) is 4.90 Å². The van der Waals surface area contributed by atoms with Crippen LogP contribution in [0.1, 0.15) is 6.92 Å². The normalized spacial score (nSPS) is 28.2. The van der Waals surface area contributed by atoms with Gasteiger partial charge in [0, 0.05) is 18.8 Å². The highest BCUT2D eigenvalue weighted by Gasteiger charge is 2.30. The molecule has 3 heteroatoms. The SMILES string of the molecule is C=C/C=C(\C=C/C)N(CC1CO1)CC1CO1. The molecule has 0 aliphatic carbocycles. The molecule has 88 valence electrons. The minimum Gasteiger partial charge on any atom is -0.371 e. The summed E-state index contributed by atoms with van der Waals surface area (Å²) in [5.74, 6) is 0. The summed E-state index contributed by atoms with van der Waals surface area (Å²) in [7, 11) is 0. The molecule has 2 rings (SSSR count). The van der Waals surface area contributed by atoms with Gasteiger partial charge in [-0.25, -0.2) is 0 Å². The highest BCUT2D eigenvalue weighted by Crippen LogP contribution is 2.20. The van der Waals surface area contributed by atoms with Gasteiger partial charge in [0.15, 0.2) is 0 Å². The summed E-state index contributed by atoms with van der Waals surface area (Å²) >= 11 is 0. The van der Waals surface area contributed by atoms with Crippen molar-refractivity contribution in [2.75, 3.05) is 26.3 Å². The van der Waals surface area contributed by atoms with Crippen molar-refractivity contribution in [3.8, 4) is 0 Å². The molecule has 2 unspecified atom stereocenters. The second-order valence-corrected chi connectivity index (χ2v) is 4.14. The third-order valence-electron chi connectivity index (χ3n) is 2.64. The van der Waals surface area contributed by atoms with Crippen LogP contribution in [0.25, 0.3) is 0 Å². The molecule has 2 saturated heterocycles. The molecule has 2 atom stereocenters. The number of nitrogens with zero attached hydrogens (tertiary/aromatic N) is 1. The molecule has 0 bridgehead atoms. The van der Waals surface area contributed by atoms with Crippen LogP contribution in [0.2, 0.25) is 0 Å². The van der Waals surface area contributed by atoms with Crippen LogP contribution in [0.5, 0.6) is 0 Å². The van der Waals surface area contributed by atoms with Gasteiger partial charge in [-0.05, 0) is 19.1 Å². The molecule has 16 heavy (non-hydrogen) atoms. The van der Waals surface area contributed by atoms with Crippen LogP contribution >= 0.6 is 0 Å². The highest BCUT2D eigenvalue weighted by atomic mass is 16.6. The van der Waals surface area contributed by atoms with E-state index in [1.807, 2.05) is 25.2 Å². The fourth-order valence-electron chi connectivity index (χ4n) is 1.68. The Labute approximate surface area is 97.0 Å². The van der Waals surface area contributed by atoms with Gasteiger partial charge in [0.25, 0.3) is 0 Å². The lowest BCUT2D eigenvalue weighted by Crippen LogP contribution is -2.30. The van der Waals surface area contributed by atoms with Gasteiger partial charge in [0.05, 0.1) is 25.4 Å². The van der Waals surface area contributed by atoms with E-state index in [0.29, 0.717) is 12.2 Å². The Morgan fingerprint density at radius 2 is 1.88 bits per heavy atom. The summed E-state index contributed by atoms with van der Waals surface area (Å²) < 4.78 is 10.6. The maximum absolute atomic E-state index is 5.29.